The van der Waals surface area contributed by atoms with Gasteiger partial charge in [0.2, 0.25) is 0 Å². The first-order valence-electron chi connectivity index (χ1n) is 8.21. The molecule has 21 heavy (non-hydrogen) atoms. The number of hydrogen-bond donors (Lipinski definition) is 2. The monoisotopic (exact) mass is 290 g/mol. The number of aliphatic hydroxyl groups is 1. The second-order valence-corrected chi connectivity index (χ2v) is 6.56. The van der Waals surface area contributed by atoms with Crippen molar-refractivity contribution in [1.29, 1.82) is 0 Å². The largest absolute Gasteiger partial charge is 0.389 e. The molecule has 2 atom stereocenters. The summed E-state index contributed by atoms with van der Waals surface area (Å²) in [7, 11) is 0. The van der Waals surface area contributed by atoms with Gasteiger partial charge in [0.1, 0.15) is 17.5 Å². The Morgan fingerprint density at radius 2 is 2.24 bits per heavy atom. The second-order valence-electron chi connectivity index (χ2n) is 6.56. The van der Waals surface area contributed by atoms with Crippen LogP contribution in [0, 0.1) is 5.92 Å². The maximum absolute atomic E-state index is 10.8. The van der Waals surface area contributed by atoms with E-state index in [1.807, 2.05) is 6.07 Å². The Balaban J connectivity index is 1.78. The molecule has 1 aliphatic heterocycles. The van der Waals surface area contributed by atoms with E-state index in [4.69, 9.17) is 5.73 Å². The highest BCUT2D eigenvalue weighted by molar-refractivity contribution is 5.47. The number of aromatic nitrogens is 2. The highest BCUT2D eigenvalue weighted by Crippen LogP contribution is 2.40. The zero-order valence-corrected chi connectivity index (χ0v) is 12.9. The second kappa shape index (κ2) is 5.79. The van der Waals surface area contributed by atoms with Crippen LogP contribution in [-0.2, 0) is 6.42 Å². The molecule has 1 aromatic rings. The van der Waals surface area contributed by atoms with Gasteiger partial charge in [-0.05, 0) is 25.7 Å². The predicted octanol–water partition coefficient (Wildman–Crippen LogP) is 2.14. The van der Waals surface area contributed by atoms with E-state index >= 15 is 0 Å². The molecule has 0 spiro atoms. The summed E-state index contributed by atoms with van der Waals surface area (Å²) in [4.78, 5) is 11.2. The molecule has 0 amide bonds. The van der Waals surface area contributed by atoms with Crippen LogP contribution >= 0.6 is 0 Å². The van der Waals surface area contributed by atoms with Gasteiger partial charge < -0.3 is 15.7 Å². The fourth-order valence-corrected chi connectivity index (χ4v) is 3.78. The lowest BCUT2D eigenvalue weighted by Gasteiger charge is -2.47. The maximum Gasteiger partial charge on any atom is 0.134 e. The van der Waals surface area contributed by atoms with Crippen LogP contribution in [0.5, 0.6) is 0 Å². The zero-order chi connectivity index (χ0) is 14.9. The quantitative estimate of drug-likeness (QED) is 0.892. The standard InChI is InChI=1S/C16H26N4O/c1-2-5-14-18-13(17)10-15(19-14)20-9-8-16(21)7-4-3-6-12(16)11-20/h10,12,21H,2-9,11H2,1H3,(H2,17,18,19). The van der Waals surface area contributed by atoms with Gasteiger partial charge in [-0.25, -0.2) is 9.97 Å². The molecule has 2 unspecified atom stereocenters. The van der Waals surface area contributed by atoms with Gasteiger partial charge >= 0.3 is 0 Å². The van der Waals surface area contributed by atoms with Gasteiger partial charge in [-0.2, -0.15) is 0 Å². The van der Waals surface area contributed by atoms with E-state index in [0.29, 0.717) is 11.7 Å². The van der Waals surface area contributed by atoms with Gasteiger partial charge in [-0.15, -0.1) is 0 Å². The molecule has 1 saturated carbocycles. The lowest BCUT2D eigenvalue weighted by molar-refractivity contribution is -0.0613. The molecular formula is C16H26N4O. The SMILES string of the molecule is CCCc1nc(N)cc(N2CCC3(O)CCCCC3C2)n1. The number of rotatable bonds is 3. The number of aryl methyl sites for hydroxylation is 1. The minimum absolute atomic E-state index is 0.366. The van der Waals surface area contributed by atoms with Crippen molar-refractivity contribution in [2.24, 2.45) is 5.92 Å². The molecule has 2 fully saturated rings. The van der Waals surface area contributed by atoms with E-state index in [9.17, 15) is 5.11 Å². The Kier molecular flexibility index (Phi) is 4.02. The van der Waals surface area contributed by atoms with Gasteiger partial charge in [0, 0.05) is 31.5 Å². The molecule has 2 aliphatic rings. The number of hydrogen-bond acceptors (Lipinski definition) is 5. The Hall–Kier alpha value is -1.36. The van der Waals surface area contributed by atoms with Crippen molar-refractivity contribution in [2.75, 3.05) is 23.7 Å². The molecule has 1 aliphatic carbocycles. The van der Waals surface area contributed by atoms with Crippen LogP contribution in [0.4, 0.5) is 11.6 Å². The van der Waals surface area contributed by atoms with E-state index in [0.717, 1.165) is 63.3 Å². The van der Waals surface area contributed by atoms with Crippen molar-refractivity contribution >= 4 is 11.6 Å². The van der Waals surface area contributed by atoms with Crippen molar-refractivity contribution in [3.63, 3.8) is 0 Å². The fourth-order valence-electron chi connectivity index (χ4n) is 3.78. The first-order chi connectivity index (χ1) is 10.1. The summed E-state index contributed by atoms with van der Waals surface area (Å²) in [6.07, 6.45) is 7.19. The fraction of sp³-hybridized carbons (Fsp3) is 0.750. The molecular weight excluding hydrogens is 264 g/mol. The van der Waals surface area contributed by atoms with Crippen LogP contribution in [0.2, 0.25) is 0 Å². The predicted molar refractivity (Wildman–Crippen MR) is 84.2 cm³/mol. The van der Waals surface area contributed by atoms with Gasteiger partial charge in [-0.3, -0.25) is 0 Å². The lowest BCUT2D eigenvalue weighted by atomic mass is 9.71. The molecule has 1 saturated heterocycles. The van der Waals surface area contributed by atoms with Crippen molar-refractivity contribution in [2.45, 2.75) is 57.5 Å². The van der Waals surface area contributed by atoms with E-state index < -0.39 is 5.60 Å². The van der Waals surface area contributed by atoms with E-state index in [1.54, 1.807) is 0 Å². The highest BCUT2D eigenvalue weighted by atomic mass is 16.3. The molecule has 1 aromatic heterocycles. The number of nitrogens with two attached hydrogens (primary N) is 1. The minimum atomic E-state index is -0.445. The van der Waals surface area contributed by atoms with Gasteiger partial charge in [0.15, 0.2) is 0 Å². The number of anilines is 2. The Labute approximate surface area is 126 Å². The van der Waals surface area contributed by atoms with Crippen molar-refractivity contribution < 1.29 is 5.11 Å². The van der Waals surface area contributed by atoms with E-state index in [2.05, 4.69) is 21.8 Å². The smallest absolute Gasteiger partial charge is 0.134 e. The van der Waals surface area contributed by atoms with Crippen molar-refractivity contribution in [1.82, 2.24) is 9.97 Å². The third-order valence-electron chi connectivity index (χ3n) is 5.00. The van der Waals surface area contributed by atoms with Gasteiger partial charge in [-0.1, -0.05) is 19.8 Å². The zero-order valence-electron chi connectivity index (χ0n) is 12.9. The van der Waals surface area contributed by atoms with Crippen LogP contribution in [0.1, 0.15) is 51.3 Å². The van der Waals surface area contributed by atoms with E-state index in [1.165, 1.54) is 6.42 Å². The molecule has 2 heterocycles. The summed E-state index contributed by atoms with van der Waals surface area (Å²) < 4.78 is 0. The highest BCUT2D eigenvalue weighted by Gasteiger charge is 2.43. The van der Waals surface area contributed by atoms with Crippen LogP contribution in [0.15, 0.2) is 6.07 Å². The minimum Gasteiger partial charge on any atom is -0.389 e. The van der Waals surface area contributed by atoms with Crippen molar-refractivity contribution in [3.05, 3.63) is 11.9 Å². The number of fused-ring (bicyclic) bond motifs is 1. The average Bonchev–Trinajstić information content (AvgIpc) is 2.46. The number of piperidine rings is 1. The topological polar surface area (TPSA) is 75.3 Å². The molecule has 5 nitrogen and oxygen atoms in total. The van der Waals surface area contributed by atoms with Crippen molar-refractivity contribution in [3.8, 4) is 0 Å². The maximum atomic E-state index is 10.8. The third-order valence-corrected chi connectivity index (χ3v) is 5.00. The molecule has 0 aromatic carbocycles. The summed E-state index contributed by atoms with van der Waals surface area (Å²) in [5.74, 6) is 2.68. The average molecular weight is 290 g/mol. The molecule has 0 radical (unpaired) electrons. The van der Waals surface area contributed by atoms with E-state index in [-0.39, 0.29) is 0 Å². The molecule has 5 heteroatoms. The van der Waals surface area contributed by atoms with Gasteiger partial charge in [0.25, 0.3) is 0 Å². The number of nitrogens with zero attached hydrogens (tertiary/aromatic N) is 3. The van der Waals surface area contributed by atoms with Crippen LogP contribution in [0.3, 0.4) is 0 Å². The summed E-state index contributed by atoms with van der Waals surface area (Å²) in [5.41, 5.74) is 5.48. The lowest BCUT2D eigenvalue weighted by Crippen LogP contribution is -2.53. The number of nitrogen functional groups attached to an aromatic ring is 1. The summed E-state index contributed by atoms with van der Waals surface area (Å²) in [6.45, 7) is 3.86. The molecule has 3 rings (SSSR count). The summed E-state index contributed by atoms with van der Waals surface area (Å²) >= 11 is 0. The van der Waals surface area contributed by atoms with Crippen LogP contribution < -0.4 is 10.6 Å². The first-order valence-corrected chi connectivity index (χ1v) is 8.21. The Morgan fingerprint density at radius 3 is 3.05 bits per heavy atom. The third kappa shape index (κ3) is 2.98. The first kappa shape index (κ1) is 14.6. The van der Waals surface area contributed by atoms with Crippen LogP contribution in [0.25, 0.3) is 0 Å². The normalized spacial score (nSPS) is 29.2. The Morgan fingerprint density at radius 1 is 1.38 bits per heavy atom. The van der Waals surface area contributed by atoms with Crippen LogP contribution in [-0.4, -0.2) is 33.8 Å². The molecule has 3 N–H and O–H groups in total. The summed E-state index contributed by atoms with van der Waals surface area (Å²) in [5, 5.41) is 10.8. The summed E-state index contributed by atoms with van der Waals surface area (Å²) in [6, 6.07) is 1.87. The molecule has 0 bridgehead atoms. The Bertz CT molecular complexity index is 507. The van der Waals surface area contributed by atoms with Gasteiger partial charge in [0.05, 0.1) is 5.60 Å². The molecule has 116 valence electrons.